The predicted molar refractivity (Wildman–Crippen MR) is 59.2 cm³/mol. The molecule has 0 fully saturated rings. The van der Waals surface area contributed by atoms with Crippen molar-refractivity contribution in [1.82, 2.24) is 0 Å². The number of methoxy groups -OCH3 is 1. The van der Waals surface area contributed by atoms with Gasteiger partial charge in [-0.25, -0.2) is 0 Å². The second kappa shape index (κ2) is 6.09. The Morgan fingerprint density at radius 1 is 1.44 bits per heavy atom. The van der Waals surface area contributed by atoms with E-state index >= 15 is 0 Å². The van der Waals surface area contributed by atoms with Gasteiger partial charge in [0.2, 0.25) is 0 Å². The molecule has 1 aromatic rings. The third-order valence-electron chi connectivity index (χ3n) is 2.03. The molecule has 0 aromatic heterocycles. The maximum absolute atomic E-state index is 11.3. The van der Waals surface area contributed by atoms with E-state index in [1.54, 1.807) is 19.2 Å². The summed E-state index contributed by atoms with van der Waals surface area (Å²) < 4.78 is 10.2. The van der Waals surface area contributed by atoms with Crippen molar-refractivity contribution in [3.05, 3.63) is 23.8 Å². The van der Waals surface area contributed by atoms with Crippen LogP contribution in [0.1, 0.15) is 17.3 Å². The molecule has 0 aliphatic carbocycles. The number of Topliss-reactive ketones (excluding diaryl/α,β-unsaturated/α-hetero) is 1. The fourth-order valence-corrected chi connectivity index (χ4v) is 1.24. The molecule has 88 valence electrons. The van der Waals surface area contributed by atoms with E-state index in [2.05, 4.69) is 0 Å². The van der Waals surface area contributed by atoms with Gasteiger partial charge in [-0.15, -0.1) is 0 Å². The Morgan fingerprint density at radius 2 is 2.19 bits per heavy atom. The maximum atomic E-state index is 11.3. The first-order chi connectivity index (χ1) is 7.69. The molecule has 0 spiro atoms. The fourth-order valence-electron chi connectivity index (χ4n) is 1.24. The van der Waals surface area contributed by atoms with E-state index in [0.29, 0.717) is 30.2 Å². The maximum Gasteiger partial charge on any atom is 0.163 e. The number of ketones is 1. The van der Waals surface area contributed by atoms with Gasteiger partial charge in [0.15, 0.2) is 5.78 Å². The molecule has 0 aliphatic heterocycles. The average molecular weight is 225 g/mol. The Kier molecular flexibility index (Phi) is 4.75. The van der Waals surface area contributed by atoms with Crippen molar-refractivity contribution in [2.24, 2.45) is 0 Å². The van der Waals surface area contributed by atoms with E-state index in [1.807, 2.05) is 5.48 Å². The van der Waals surface area contributed by atoms with Gasteiger partial charge in [0.05, 0.1) is 17.9 Å². The van der Waals surface area contributed by atoms with Crippen LogP contribution in [-0.4, -0.2) is 31.3 Å². The molecule has 0 unspecified atom stereocenters. The quantitative estimate of drug-likeness (QED) is 0.438. The molecular weight excluding hydrogens is 210 g/mol. The molecule has 5 nitrogen and oxygen atoms in total. The number of rotatable bonds is 6. The molecule has 0 saturated carbocycles. The topological polar surface area (TPSA) is 67.8 Å². The highest BCUT2D eigenvalue weighted by Crippen LogP contribution is 2.23. The van der Waals surface area contributed by atoms with Crippen molar-refractivity contribution < 1.29 is 19.5 Å². The molecular formula is C11H15NO4. The first-order valence-electron chi connectivity index (χ1n) is 4.86. The van der Waals surface area contributed by atoms with Crippen molar-refractivity contribution in [2.75, 3.05) is 25.8 Å². The van der Waals surface area contributed by atoms with Crippen molar-refractivity contribution in [2.45, 2.75) is 6.92 Å². The van der Waals surface area contributed by atoms with Crippen LogP contribution in [0.2, 0.25) is 0 Å². The number of nitrogens with one attached hydrogen (secondary N) is 1. The summed E-state index contributed by atoms with van der Waals surface area (Å²) in [7, 11) is 1.58. The Morgan fingerprint density at radius 3 is 2.75 bits per heavy atom. The van der Waals surface area contributed by atoms with Gasteiger partial charge in [0.1, 0.15) is 12.4 Å². The highest BCUT2D eigenvalue weighted by molar-refractivity contribution is 5.97. The number of anilines is 1. The van der Waals surface area contributed by atoms with Gasteiger partial charge in [-0.3, -0.25) is 15.5 Å². The highest BCUT2D eigenvalue weighted by atomic mass is 16.5. The minimum Gasteiger partial charge on any atom is -0.490 e. The second-order valence-corrected chi connectivity index (χ2v) is 3.22. The fraction of sp³-hybridized carbons (Fsp3) is 0.364. The number of hydrogen-bond acceptors (Lipinski definition) is 5. The number of hydrogen-bond donors (Lipinski definition) is 2. The lowest BCUT2D eigenvalue weighted by atomic mass is 10.1. The Hall–Kier alpha value is -1.59. The van der Waals surface area contributed by atoms with Gasteiger partial charge in [-0.05, 0) is 25.1 Å². The highest BCUT2D eigenvalue weighted by Gasteiger charge is 2.09. The molecule has 0 bridgehead atoms. The average Bonchev–Trinajstić information content (AvgIpc) is 2.29. The summed E-state index contributed by atoms with van der Waals surface area (Å²) in [5.41, 5.74) is 2.86. The molecule has 2 N–H and O–H groups in total. The van der Waals surface area contributed by atoms with Crippen LogP contribution >= 0.6 is 0 Å². The van der Waals surface area contributed by atoms with Crippen LogP contribution in [0.15, 0.2) is 18.2 Å². The third kappa shape index (κ3) is 3.22. The predicted octanol–water partition coefficient (Wildman–Crippen LogP) is 1.72. The van der Waals surface area contributed by atoms with Gasteiger partial charge in [-0.2, -0.15) is 0 Å². The van der Waals surface area contributed by atoms with Crippen molar-refractivity contribution >= 4 is 11.5 Å². The lowest BCUT2D eigenvalue weighted by Gasteiger charge is -2.10. The summed E-state index contributed by atoms with van der Waals surface area (Å²) in [6.07, 6.45) is 0. The molecule has 0 radical (unpaired) electrons. The minimum atomic E-state index is -0.121. The molecule has 0 saturated heterocycles. The third-order valence-corrected chi connectivity index (χ3v) is 2.03. The van der Waals surface area contributed by atoms with Gasteiger partial charge < -0.3 is 9.47 Å². The summed E-state index contributed by atoms with van der Waals surface area (Å²) in [4.78, 5) is 11.3. The van der Waals surface area contributed by atoms with E-state index in [0.717, 1.165) is 0 Å². The molecule has 1 aromatic carbocycles. The van der Waals surface area contributed by atoms with Crippen molar-refractivity contribution in [3.8, 4) is 5.75 Å². The molecule has 0 heterocycles. The number of benzene rings is 1. The van der Waals surface area contributed by atoms with Gasteiger partial charge in [0.25, 0.3) is 0 Å². The Bertz CT molecular complexity index is 365. The molecule has 16 heavy (non-hydrogen) atoms. The zero-order valence-electron chi connectivity index (χ0n) is 9.32. The van der Waals surface area contributed by atoms with Crippen molar-refractivity contribution in [1.29, 1.82) is 0 Å². The Balaban J connectivity index is 2.85. The van der Waals surface area contributed by atoms with Gasteiger partial charge in [-0.1, -0.05) is 0 Å². The number of ether oxygens (including phenoxy) is 2. The van der Waals surface area contributed by atoms with E-state index in [-0.39, 0.29) is 5.78 Å². The lowest BCUT2D eigenvalue weighted by molar-refractivity contribution is 0.100. The van der Waals surface area contributed by atoms with E-state index in [1.165, 1.54) is 13.0 Å². The normalized spacial score (nSPS) is 9.94. The summed E-state index contributed by atoms with van der Waals surface area (Å²) >= 11 is 0. The van der Waals surface area contributed by atoms with Crippen LogP contribution in [-0.2, 0) is 4.74 Å². The molecule has 5 heteroatoms. The SMILES string of the molecule is COCCOc1ccc(NO)cc1C(C)=O. The standard InChI is InChI=1S/C11H15NO4/c1-8(13)10-7-9(12-14)3-4-11(10)16-6-5-15-2/h3-4,7,12,14H,5-6H2,1-2H3. The van der Waals surface area contributed by atoms with E-state index in [9.17, 15) is 4.79 Å². The molecule has 0 aliphatic rings. The second-order valence-electron chi connectivity index (χ2n) is 3.22. The van der Waals surface area contributed by atoms with Crippen LogP contribution in [0, 0.1) is 0 Å². The van der Waals surface area contributed by atoms with Crippen LogP contribution in [0.5, 0.6) is 5.75 Å². The summed E-state index contributed by atoms with van der Waals surface area (Å²) in [5, 5.41) is 8.73. The minimum absolute atomic E-state index is 0.121. The zero-order valence-corrected chi connectivity index (χ0v) is 9.32. The van der Waals surface area contributed by atoms with Gasteiger partial charge in [0, 0.05) is 7.11 Å². The molecule has 1 rings (SSSR count). The van der Waals surface area contributed by atoms with E-state index < -0.39 is 0 Å². The first-order valence-corrected chi connectivity index (χ1v) is 4.86. The van der Waals surface area contributed by atoms with Gasteiger partial charge >= 0.3 is 0 Å². The molecule has 0 atom stereocenters. The summed E-state index contributed by atoms with van der Waals surface area (Å²) in [5.74, 6) is 0.369. The van der Waals surface area contributed by atoms with Crippen LogP contribution < -0.4 is 10.2 Å². The monoisotopic (exact) mass is 225 g/mol. The largest absolute Gasteiger partial charge is 0.490 e. The summed E-state index contributed by atoms with van der Waals surface area (Å²) in [6.45, 7) is 2.28. The van der Waals surface area contributed by atoms with Crippen LogP contribution in [0.4, 0.5) is 5.69 Å². The number of carbonyl (C=O) groups is 1. The smallest absolute Gasteiger partial charge is 0.163 e. The summed E-state index contributed by atoms with van der Waals surface area (Å²) in [6, 6.07) is 4.78. The number of carbonyl (C=O) groups excluding carboxylic acids is 1. The first kappa shape index (κ1) is 12.5. The van der Waals surface area contributed by atoms with Crippen LogP contribution in [0.25, 0.3) is 0 Å². The molecule has 0 amide bonds. The van der Waals surface area contributed by atoms with Crippen LogP contribution in [0.3, 0.4) is 0 Å². The Labute approximate surface area is 93.9 Å². The zero-order chi connectivity index (χ0) is 12.0. The van der Waals surface area contributed by atoms with Crippen molar-refractivity contribution in [3.63, 3.8) is 0 Å². The van der Waals surface area contributed by atoms with E-state index in [4.69, 9.17) is 14.7 Å². The lowest BCUT2D eigenvalue weighted by Crippen LogP contribution is -2.07.